The Kier molecular flexibility index (Phi) is 8.51. The number of carbonyl (C=O) groups excluding carboxylic acids is 1. The van der Waals surface area contributed by atoms with E-state index >= 15 is 0 Å². The zero-order valence-electron chi connectivity index (χ0n) is 20.8. The maximum Gasteiger partial charge on any atom is 0.254 e. The topological polar surface area (TPSA) is 86.9 Å². The molecule has 2 aromatic carbocycles. The predicted octanol–water partition coefficient (Wildman–Crippen LogP) is 5.29. The minimum atomic E-state index is -0.199. The highest BCUT2D eigenvalue weighted by atomic mass is 16.5. The molecule has 0 aliphatic rings. The summed E-state index contributed by atoms with van der Waals surface area (Å²) in [5, 5.41) is 4.10. The molecule has 0 aliphatic carbocycles. The molecule has 1 heterocycles. The summed E-state index contributed by atoms with van der Waals surface area (Å²) in [6, 6.07) is 11.2. The third kappa shape index (κ3) is 5.87. The summed E-state index contributed by atoms with van der Waals surface area (Å²) < 4.78 is 22.8. The van der Waals surface area contributed by atoms with Crippen molar-refractivity contribution >= 4 is 5.91 Å². The van der Waals surface area contributed by atoms with Crippen LogP contribution in [0.15, 0.2) is 40.9 Å². The van der Waals surface area contributed by atoms with Gasteiger partial charge in [0.1, 0.15) is 6.54 Å². The van der Waals surface area contributed by atoms with Crippen LogP contribution < -0.4 is 14.2 Å². The fraction of sp³-hybridized carbons (Fsp3) is 0.423. The van der Waals surface area contributed by atoms with Gasteiger partial charge in [0.25, 0.3) is 5.91 Å². The van der Waals surface area contributed by atoms with Crippen molar-refractivity contribution in [3.63, 3.8) is 0 Å². The van der Waals surface area contributed by atoms with Crippen LogP contribution in [0.3, 0.4) is 0 Å². The first kappa shape index (κ1) is 25.1. The predicted molar refractivity (Wildman–Crippen MR) is 129 cm³/mol. The normalized spacial score (nSPS) is 10.9. The van der Waals surface area contributed by atoms with Crippen LogP contribution in [0, 0.1) is 6.92 Å². The molecule has 34 heavy (non-hydrogen) atoms. The van der Waals surface area contributed by atoms with Crippen LogP contribution in [0.5, 0.6) is 17.2 Å². The third-order valence-corrected chi connectivity index (χ3v) is 5.09. The fourth-order valence-electron chi connectivity index (χ4n) is 3.53. The Labute approximate surface area is 200 Å². The quantitative estimate of drug-likeness (QED) is 0.378. The Morgan fingerprint density at radius 3 is 2.21 bits per heavy atom. The molecular formula is C26H33N3O5. The number of aromatic nitrogens is 2. The van der Waals surface area contributed by atoms with Gasteiger partial charge in [0, 0.05) is 17.2 Å². The van der Waals surface area contributed by atoms with Crippen LogP contribution in [0.4, 0.5) is 0 Å². The average Bonchev–Trinajstić information content (AvgIpc) is 3.28. The van der Waals surface area contributed by atoms with Gasteiger partial charge in [-0.15, -0.1) is 0 Å². The van der Waals surface area contributed by atoms with E-state index < -0.39 is 0 Å². The zero-order chi connectivity index (χ0) is 24.7. The highest BCUT2D eigenvalue weighted by molar-refractivity contribution is 5.95. The number of nitrogens with zero attached hydrogens (tertiary/aromatic N) is 3. The van der Waals surface area contributed by atoms with Gasteiger partial charge < -0.3 is 23.6 Å². The summed E-state index contributed by atoms with van der Waals surface area (Å²) in [7, 11) is 0. The van der Waals surface area contributed by atoms with E-state index in [9.17, 15) is 4.79 Å². The van der Waals surface area contributed by atoms with Gasteiger partial charge in [0.05, 0.1) is 19.8 Å². The minimum absolute atomic E-state index is 0.112. The molecule has 1 amide bonds. The lowest BCUT2D eigenvalue weighted by Gasteiger charge is -2.26. The summed E-state index contributed by atoms with van der Waals surface area (Å²) in [6.45, 7) is 13.0. The van der Waals surface area contributed by atoms with Crippen LogP contribution in [-0.4, -0.2) is 46.8 Å². The van der Waals surface area contributed by atoms with Crippen LogP contribution >= 0.6 is 0 Å². The number of aryl methyl sites for hydroxylation is 1. The Morgan fingerprint density at radius 2 is 1.65 bits per heavy atom. The number of benzene rings is 2. The third-order valence-electron chi connectivity index (χ3n) is 5.09. The Morgan fingerprint density at radius 1 is 1.00 bits per heavy atom. The second kappa shape index (κ2) is 11.5. The molecule has 0 unspecified atom stereocenters. The summed E-state index contributed by atoms with van der Waals surface area (Å²) in [5.41, 5.74) is 2.41. The van der Waals surface area contributed by atoms with E-state index in [-0.39, 0.29) is 18.5 Å². The smallest absolute Gasteiger partial charge is 0.254 e. The molecule has 0 saturated carbocycles. The highest BCUT2D eigenvalue weighted by Crippen LogP contribution is 2.39. The Hall–Kier alpha value is -3.55. The molecule has 1 aromatic heterocycles. The molecule has 0 fully saturated rings. The van der Waals surface area contributed by atoms with Gasteiger partial charge in [-0.3, -0.25) is 4.79 Å². The molecule has 0 N–H and O–H groups in total. The molecule has 0 bridgehead atoms. The lowest BCUT2D eigenvalue weighted by Crippen LogP contribution is -2.36. The Bertz CT molecular complexity index is 1080. The maximum absolute atomic E-state index is 13.6. The number of rotatable bonds is 11. The molecule has 8 nitrogen and oxygen atoms in total. The molecule has 3 rings (SSSR count). The second-order valence-corrected chi connectivity index (χ2v) is 8.01. The van der Waals surface area contributed by atoms with Crippen molar-refractivity contribution in [2.45, 2.75) is 54.1 Å². The summed E-state index contributed by atoms with van der Waals surface area (Å²) in [4.78, 5) is 19.8. The van der Waals surface area contributed by atoms with E-state index in [0.29, 0.717) is 54.3 Å². The zero-order valence-corrected chi connectivity index (χ0v) is 20.8. The van der Waals surface area contributed by atoms with Gasteiger partial charge >= 0.3 is 0 Å². The molecule has 182 valence electrons. The first-order valence-electron chi connectivity index (χ1n) is 11.6. The largest absolute Gasteiger partial charge is 0.490 e. The summed E-state index contributed by atoms with van der Waals surface area (Å²) in [6.07, 6.45) is 0. The van der Waals surface area contributed by atoms with Crippen LogP contribution in [0.2, 0.25) is 0 Å². The fourth-order valence-corrected chi connectivity index (χ4v) is 3.53. The number of ether oxygens (including phenoxy) is 3. The number of carbonyl (C=O) groups is 1. The highest BCUT2D eigenvalue weighted by Gasteiger charge is 2.25. The molecule has 0 saturated heterocycles. The van der Waals surface area contributed by atoms with E-state index in [0.717, 1.165) is 11.1 Å². The van der Waals surface area contributed by atoms with Crippen molar-refractivity contribution in [3.05, 3.63) is 53.4 Å². The van der Waals surface area contributed by atoms with Crippen molar-refractivity contribution in [2.75, 3.05) is 19.8 Å². The molecule has 0 spiro atoms. The lowest BCUT2D eigenvalue weighted by atomic mass is 10.1. The monoisotopic (exact) mass is 467 g/mol. The molecule has 0 atom stereocenters. The number of hydrogen-bond acceptors (Lipinski definition) is 7. The van der Waals surface area contributed by atoms with Crippen molar-refractivity contribution < 1.29 is 23.5 Å². The van der Waals surface area contributed by atoms with E-state index in [1.165, 1.54) is 0 Å². The van der Waals surface area contributed by atoms with Crippen LogP contribution in [0.1, 0.15) is 56.4 Å². The molecule has 0 aliphatic heterocycles. The first-order chi connectivity index (χ1) is 16.4. The lowest BCUT2D eigenvalue weighted by molar-refractivity contribution is 0.0666. The Balaban J connectivity index is 1.91. The van der Waals surface area contributed by atoms with Gasteiger partial charge in [-0.2, -0.15) is 4.98 Å². The van der Waals surface area contributed by atoms with Gasteiger partial charge in [-0.25, -0.2) is 0 Å². The standard InChI is InChI=1S/C26H33N3O5/c1-7-31-21-14-20(15-22(32-8-2)24(21)33-9-3)26(30)29(17(4)5)16-23-27-25(28-34-23)19-12-10-11-18(6)13-19/h10-15,17H,7-9,16H2,1-6H3. The van der Waals surface area contributed by atoms with Gasteiger partial charge in [-0.1, -0.05) is 28.9 Å². The van der Waals surface area contributed by atoms with E-state index in [1.807, 2.05) is 65.8 Å². The molecule has 3 aromatic rings. The molecule has 8 heteroatoms. The van der Waals surface area contributed by atoms with Crippen LogP contribution in [-0.2, 0) is 6.54 Å². The average molecular weight is 468 g/mol. The SMILES string of the molecule is CCOc1cc(C(=O)N(Cc2nc(-c3cccc(C)c3)no2)C(C)C)cc(OCC)c1OCC. The van der Waals surface area contributed by atoms with E-state index in [4.69, 9.17) is 18.7 Å². The summed E-state index contributed by atoms with van der Waals surface area (Å²) in [5.74, 6) is 2.10. The van der Waals surface area contributed by atoms with Gasteiger partial charge in [0.15, 0.2) is 11.5 Å². The summed E-state index contributed by atoms with van der Waals surface area (Å²) >= 11 is 0. The van der Waals surface area contributed by atoms with Crippen molar-refractivity contribution in [2.24, 2.45) is 0 Å². The van der Waals surface area contributed by atoms with Gasteiger partial charge in [-0.05, 0) is 59.7 Å². The van der Waals surface area contributed by atoms with Crippen molar-refractivity contribution in [1.29, 1.82) is 0 Å². The second-order valence-electron chi connectivity index (χ2n) is 8.01. The van der Waals surface area contributed by atoms with E-state index in [1.54, 1.807) is 17.0 Å². The molecule has 0 radical (unpaired) electrons. The van der Waals surface area contributed by atoms with Crippen molar-refractivity contribution in [3.8, 4) is 28.6 Å². The number of amides is 1. The number of hydrogen-bond donors (Lipinski definition) is 0. The minimum Gasteiger partial charge on any atom is -0.490 e. The first-order valence-corrected chi connectivity index (χ1v) is 11.6. The maximum atomic E-state index is 13.6. The van der Waals surface area contributed by atoms with Crippen molar-refractivity contribution in [1.82, 2.24) is 15.0 Å². The molecular weight excluding hydrogens is 434 g/mol. The van der Waals surface area contributed by atoms with Gasteiger partial charge in [0.2, 0.25) is 17.5 Å². The van der Waals surface area contributed by atoms with Crippen LogP contribution in [0.25, 0.3) is 11.4 Å². The van der Waals surface area contributed by atoms with E-state index in [2.05, 4.69) is 10.1 Å².